The average molecular weight is 237 g/mol. The minimum Gasteiger partial charge on any atom is -0.454 e. The minimum absolute atomic E-state index is 0.254. The van der Waals surface area contributed by atoms with Crippen molar-refractivity contribution in [3.63, 3.8) is 0 Å². The van der Waals surface area contributed by atoms with Gasteiger partial charge in [0.2, 0.25) is 6.79 Å². The summed E-state index contributed by atoms with van der Waals surface area (Å²) in [6, 6.07) is 3.98. The molecular weight excluding hydrogens is 218 g/mol. The molecule has 0 atom stereocenters. The van der Waals surface area contributed by atoms with Crippen LogP contribution in [0.1, 0.15) is 25.0 Å². The van der Waals surface area contributed by atoms with Crippen LogP contribution < -0.4 is 15.2 Å². The molecule has 1 aliphatic heterocycles. The van der Waals surface area contributed by atoms with Gasteiger partial charge in [-0.3, -0.25) is 0 Å². The third-order valence-electron chi connectivity index (χ3n) is 2.64. The van der Waals surface area contributed by atoms with Gasteiger partial charge in [0.25, 0.3) is 0 Å². The van der Waals surface area contributed by atoms with Crippen LogP contribution in [0.15, 0.2) is 12.1 Å². The van der Waals surface area contributed by atoms with Crippen molar-refractivity contribution in [3.05, 3.63) is 23.3 Å². The fraction of sp³-hybridized carbons (Fsp3) is 0.538. The molecule has 1 aromatic carbocycles. The standard InChI is InChI=1S/C13H19NO3/c1-13(2,14)6-9-4-11-12(17-8-16-11)5-10(9)7-15-3/h4-5H,6-8,14H2,1-3H3. The van der Waals surface area contributed by atoms with E-state index in [9.17, 15) is 0 Å². The van der Waals surface area contributed by atoms with Crippen LogP contribution in [-0.2, 0) is 17.8 Å². The van der Waals surface area contributed by atoms with Gasteiger partial charge in [-0.15, -0.1) is 0 Å². The highest BCUT2D eigenvalue weighted by Crippen LogP contribution is 2.36. The summed E-state index contributed by atoms with van der Waals surface area (Å²) in [7, 11) is 1.68. The van der Waals surface area contributed by atoms with E-state index >= 15 is 0 Å². The fourth-order valence-corrected chi connectivity index (χ4v) is 1.97. The van der Waals surface area contributed by atoms with Gasteiger partial charge in [0.1, 0.15) is 0 Å². The van der Waals surface area contributed by atoms with E-state index < -0.39 is 0 Å². The first-order valence-electron chi connectivity index (χ1n) is 5.69. The van der Waals surface area contributed by atoms with E-state index in [1.165, 1.54) is 0 Å². The maximum atomic E-state index is 6.06. The molecule has 0 unspecified atom stereocenters. The average Bonchev–Trinajstić information content (AvgIpc) is 2.63. The molecule has 0 fully saturated rings. The van der Waals surface area contributed by atoms with Gasteiger partial charge in [0.15, 0.2) is 11.5 Å². The monoisotopic (exact) mass is 237 g/mol. The molecule has 0 saturated heterocycles. The third kappa shape index (κ3) is 2.90. The summed E-state index contributed by atoms with van der Waals surface area (Å²) in [4.78, 5) is 0. The van der Waals surface area contributed by atoms with E-state index in [4.69, 9.17) is 19.9 Å². The van der Waals surface area contributed by atoms with Crippen LogP contribution in [0.2, 0.25) is 0 Å². The SMILES string of the molecule is COCc1cc2c(cc1CC(C)(C)N)OCO2. The van der Waals surface area contributed by atoms with Gasteiger partial charge in [-0.05, 0) is 43.5 Å². The zero-order valence-corrected chi connectivity index (χ0v) is 10.6. The van der Waals surface area contributed by atoms with Crippen molar-refractivity contribution in [1.82, 2.24) is 0 Å². The second kappa shape index (κ2) is 4.55. The van der Waals surface area contributed by atoms with Crippen LogP contribution in [0.25, 0.3) is 0 Å². The summed E-state index contributed by atoms with van der Waals surface area (Å²) < 4.78 is 16.0. The molecule has 0 saturated carbocycles. The lowest BCUT2D eigenvalue weighted by Gasteiger charge is -2.20. The van der Waals surface area contributed by atoms with Crippen molar-refractivity contribution < 1.29 is 14.2 Å². The van der Waals surface area contributed by atoms with Crippen molar-refractivity contribution in [1.29, 1.82) is 0 Å². The quantitative estimate of drug-likeness (QED) is 0.868. The lowest BCUT2D eigenvalue weighted by Crippen LogP contribution is -2.34. The predicted octanol–water partition coefficient (Wildman–Crippen LogP) is 1.84. The highest BCUT2D eigenvalue weighted by atomic mass is 16.7. The maximum Gasteiger partial charge on any atom is 0.231 e. The second-order valence-corrected chi connectivity index (χ2v) is 5.07. The topological polar surface area (TPSA) is 53.7 Å². The van der Waals surface area contributed by atoms with Gasteiger partial charge in [-0.2, -0.15) is 0 Å². The summed E-state index contributed by atoms with van der Waals surface area (Å²) in [6.07, 6.45) is 0.780. The van der Waals surface area contributed by atoms with E-state index in [-0.39, 0.29) is 12.3 Å². The number of hydrogen-bond acceptors (Lipinski definition) is 4. The lowest BCUT2D eigenvalue weighted by atomic mass is 9.92. The molecule has 0 bridgehead atoms. The molecular formula is C13H19NO3. The van der Waals surface area contributed by atoms with Gasteiger partial charge in [-0.1, -0.05) is 0 Å². The van der Waals surface area contributed by atoms with Crippen LogP contribution in [0.3, 0.4) is 0 Å². The zero-order valence-electron chi connectivity index (χ0n) is 10.6. The van der Waals surface area contributed by atoms with Gasteiger partial charge >= 0.3 is 0 Å². The van der Waals surface area contributed by atoms with Crippen molar-refractivity contribution in [2.75, 3.05) is 13.9 Å². The van der Waals surface area contributed by atoms with Gasteiger partial charge < -0.3 is 19.9 Å². The minimum atomic E-state index is -0.254. The van der Waals surface area contributed by atoms with Crippen molar-refractivity contribution in [2.24, 2.45) is 5.73 Å². The number of benzene rings is 1. The molecule has 1 aromatic rings. The molecule has 0 spiro atoms. The van der Waals surface area contributed by atoms with E-state index in [1.807, 2.05) is 26.0 Å². The van der Waals surface area contributed by atoms with Gasteiger partial charge in [0.05, 0.1) is 6.61 Å². The Morgan fingerprint density at radius 3 is 2.35 bits per heavy atom. The molecule has 2 rings (SSSR count). The summed E-state index contributed by atoms with van der Waals surface area (Å²) in [6.45, 7) is 4.86. The first kappa shape index (κ1) is 12.2. The first-order chi connectivity index (χ1) is 7.99. The van der Waals surface area contributed by atoms with Crippen LogP contribution in [0.5, 0.6) is 11.5 Å². The summed E-state index contributed by atoms with van der Waals surface area (Å²) in [5.41, 5.74) is 8.07. The predicted molar refractivity (Wildman–Crippen MR) is 65.2 cm³/mol. The number of ether oxygens (including phenoxy) is 3. The Bertz CT molecular complexity index is 410. The molecule has 4 nitrogen and oxygen atoms in total. The van der Waals surface area contributed by atoms with Crippen LogP contribution in [-0.4, -0.2) is 19.4 Å². The Kier molecular flexibility index (Phi) is 3.26. The second-order valence-electron chi connectivity index (χ2n) is 5.07. The summed E-state index contributed by atoms with van der Waals surface area (Å²) in [5.74, 6) is 1.58. The smallest absolute Gasteiger partial charge is 0.231 e. The number of fused-ring (bicyclic) bond motifs is 1. The zero-order chi connectivity index (χ0) is 12.5. The Morgan fingerprint density at radius 1 is 1.24 bits per heavy atom. The van der Waals surface area contributed by atoms with E-state index in [0.717, 1.165) is 29.0 Å². The fourth-order valence-electron chi connectivity index (χ4n) is 1.97. The Balaban J connectivity index is 2.34. The number of nitrogens with two attached hydrogens (primary N) is 1. The molecule has 0 amide bonds. The highest BCUT2D eigenvalue weighted by molar-refractivity contribution is 5.49. The van der Waals surface area contributed by atoms with E-state index in [1.54, 1.807) is 7.11 Å². The first-order valence-corrected chi connectivity index (χ1v) is 5.69. The Hall–Kier alpha value is -1.26. The Morgan fingerprint density at radius 2 is 1.82 bits per heavy atom. The molecule has 0 radical (unpaired) electrons. The number of methoxy groups -OCH3 is 1. The van der Waals surface area contributed by atoms with Gasteiger partial charge in [-0.25, -0.2) is 0 Å². The normalized spacial score (nSPS) is 14.1. The van der Waals surface area contributed by atoms with Crippen LogP contribution in [0, 0.1) is 0 Å². The molecule has 2 N–H and O–H groups in total. The van der Waals surface area contributed by atoms with Crippen molar-refractivity contribution in [2.45, 2.75) is 32.4 Å². The van der Waals surface area contributed by atoms with Crippen molar-refractivity contribution in [3.8, 4) is 11.5 Å². The number of hydrogen-bond donors (Lipinski definition) is 1. The largest absolute Gasteiger partial charge is 0.454 e. The summed E-state index contributed by atoms with van der Waals surface area (Å²) in [5, 5.41) is 0. The Labute approximate surface area is 102 Å². The van der Waals surface area contributed by atoms with E-state index in [0.29, 0.717) is 6.61 Å². The molecule has 0 aromatic heterocycles. The highest BCUT2D eigenvalue weighted by Gasteiger charge is 2.20. The molecule has 0 aliphatic carbocycles. The number of rotatable bonds is 4. The summed E-state index contributed by atoms with van der Waals surface area (Å²) >= 11 is 0. The maximum absolute atomic E-state index is 6.06. The molecule has 17 heavy (non-hydrogen) atoms. The van der Waals surface area contributed by atoms with Gasteiger partial charge in [0, 0.05) is 12.6 Å². The molecule has 4 heteroatoms. The molecule has 1 heterocycles. The lowest BCUT2D eigenvalue weighted by molar-refractivity contribution is 0.173. The van der Waals surface area contributed by atoms with Crippen LogP contribution in [0.4, 0.5) is 0 Å². The van der Waals surface area contributed by atoms with Crippen LogP contribution >= 0.6 is 0 Å². The third-order valence-corrected chi connectivity index (χ3v) is 2.64. The molecule has 1 aliphatic rings. The van der Waals surface area contributed by atoms with E-state index in [2.05, 4.69) is 0 Å². The van der Waals surface area contributed by atoms with Crippen molar-refractivity contribution >= 4 is 0 Å². The molecule has 94 valence electrons.